The van der Waals surface area contributed by atoms with Gasteiger partial charge in [0.25, 0.3) is 0 Å². The van der Waals surface area contributed by atoms with E-state index < -0.39 is 0 Å². The maximum absolute atomic E-state index is 9.20. The Bertz CT molecular complexity index is 336. The van der Waals surface area contributed by atoms with E-state index in [0.717, 1.165) is 17.2 Å². The third-order valence-corrected chi connectivity index (χ3v) is 3.40. The monoisotopic (exact) mass is 220 g/mol. The van der Waals surface area contributed by atoms with Crippen LogP contribution in [0.3, 0.4) is 0 Å². The van der Waals surface area contributed by atoms with Crippen LogP contribution in [0.4, 0.5) is 5.69 Å². The smallest absolute Gasteiger partial charge is 0.0703 e. The molecule has 1 unspecified atom stereocenters. The van der Waals surface area contributed by atoms with Crippen LogP contribution in [-0.2, 0) is 6.61 Å². The molecule has 1 atom stereocenters. The second-order valence-electron chi connectivity index (χ2n) is 4.77. The highest BCUT2D eigenvalue weighted by atomic mass is 16.3. The molecular weight excluding hydrogens is 200 g/mol. The molecular formula is C13H20N2O. The van der Waals surface area contributed by atoms with E-state index in [-0.39, 0.29) is 6.61 Å². The Hall–Kier alpha value is -1.09. The Morgan fingerprint density at radius 3 is 3.00 bits per heavy atom. The highest BCUT2D eigenvalue weighted by molar-refractivity contribution is 5.49. The van der Waals surface area contributed by atoms with E-state index in [0.29, 0.717) is 6.04 Å². The van der Waals surface area contributed by atoms with Gasteiger partial charge in [0, 0.05) is 17.8 Å². The molecule has 0 bridgehead atoms. The number of aromatic nitrogens is 1. The van der Waals surface area contributed by atoms with Crippen LogP contribution in [0.5, 0.6) is 0 Å². The van der Waals surface area contributed by atoms with E-state index in [4.69, 9.17) is 0 Å². The third kappa shape index (κ3) is 2.73. The minimum Gasteiger partial charge on any atom is -0.392 e. The first kappa shape index (κ1) is 11.4. The van der Waals surface area contributed by atoms with Crippen LogP contribution in [-0.4, -0.2) is 16.1 Å². The molecule has 1 fully saturated rings. The molecule has 16 heavy (non-hydrogen) atoms. The van der Waals surface area contributed by atoms with Crippen LogP contribution >= 0.6 is 0 Å². The average Bonchev–Trinajstić information content (AvgIpc) is 2.24. The van der Waals surface area contributed by atoms with Gasteiger partial charge in [-0.15, -0.1) is 0 Å². The van der Waals surface area contributed by atoms with Gasteiger partial charge in [-0.05, 0) is 25.3 Å². The van der Waals surface area contributed by atoms with Gasteiger partial charge in [-0.1, -0.05) is 19.3 Å². The summed E-state index contributed by atoms with van der Waals surface area (Å²) >= 11 is 0. The zero-order valence-corrected chi connectivity index (χ0v) is 9.82. The predicted molar refractivity (Wildman–Crippen MR) is 65.2 cm³/mol. The molecule has 0 radical (unpaired) electrons. The molecule has 1 saturated carbocycles. The van der Waals surface area contributed by atoms with Gasteiger partial charge in [0.2, 0.25) is 0 Å². The first-order chi connectivity index (χ1) is 7.79. The lowest BCUT2D eigenvalue weighted by Crippen LogP contribution is -2.23. The molecule has 0 aliphatic heterocycles. The third-order valence-electron chi connectivity index (χ3n) is 3.40. The van der Waals surface area contributed by atoms with Crippen molar-refractivity contribution in [2.75, 3.05) is 5.32 Å². The average molecular weight is 220 g/mol. The maximum Gasteiger partial charge on any atom is 0.0703 e. The summed E-state index contributed by atoms with van der Waals surface area (Å²) < 4.78 is 0. The van der Waals surface area contributed by atoms with E-state index in [2.05, 4.69) is 17.2 Å². The van der Waals surface area contributed by atoms with Gasteiger partial charge < -0.3 is 10.4 Å². The molecule has 1 aliphatic rings. The summed E-state index contributed by atoms with van der Waals surface area (Å²) in [7, 11) is 0. The zero-order chi connectivity index (χ0) is 11.4. The van der Waals surface area contributed by atoms with Crippen LogP contribution in [0.1, 0.15) is 38.2 Å². The molecule has 0 saturated heterocycles. The van der Waals surface area contributed by atoms with Crippen molar-refractivity contribution in [1.29, 1.82) is 0 Å². The fourth-order valence-electron chi connectivity index (χ4n) is 2.24. The fourth-order valence-corrected chi connectivity index (χ4v) is 2.24. The van der Waals surface area contributed by atoms with Crippen molar-refractivity contribution in [2.24, 2.45) is 5.92 Å². The van der Waals surface area contributed by atoms with E-state index in [1.54, 1.807) is 12.4 Å². The van der Waals surface area contributed by atoms with Gasteiger partial charge in [0.1, 0.15) is 0 Å². The van der Waals surface area contributed by atoms with Crippen LogP contribution in [0, 0.1) is 5.92 Å². The number of aliphatic hydroxyl groups excluding tert-OH is 1. The van der Waals surface area contributed by atoms with Gasteiger partial charge in [-0.2, -0.15) is 0 Å². The Morgan fingerprint density at radius 2 is 2.38 bits per heavy atom. The first-order valence-electron chi connectivity index (χ1n) is 6.10. The normalized spacial score (nSPS) is 17.9. The highest BCUT2D eigenvalue weighted by Crippen LogP contribution is 2.31. The number of nitrogens with one attached hydrogen (secondary N) is 1. The summed E-state index contributed by atoms with van der Waals surface area (Å²) in [6, 6.07) is 2.32. The Labute approximate surface area is 96.9 Å². The molecule has 2 N–H and O–H groups in total. The lowest BCUT2D eigenvalue weighted by Gasteiger charge is -2.29. The largest absolute Gasteiger partial charge is 0.392 e. The summed E-state index contributed by atoms with van der Waals surface area (Å²) in [4.78, 5) is 4.09. The van der Waals surface area contributed by atoms with Gasteiger partial charge in [-0.25, -0.2) is 0 Å². The molecule has 88 valence electrons. The Balaban J connectivity index is 1.91. The number of anilines is 1. The predicted octanol–water partition coefficient (Wildman–Crippen LogP) is 2.56. The van der Waals surface area contributed by atoms with Crippen LogP contribution in [0.25, 0.3) is 0 Å². The second kappa shape index (κ2) is 5.30. The minimum atomic E-state index is 0.0704. The summed E-state index contributed by atoms with van der Waals surface area (Å²) in [5, 5.41) is 12.6. The van der Waals surface area contributed by atoms with Crippen molar-refractivity contribution in [2.45, 2.75) is 45.3 Å². The summed E-state index contributed by atoms with van der Waals surface area (Å²) in [6.07, 6.45) is 8.89. The second-order valence-corrected chi connectivity index (χ2v) is 4.77. The lowest BCUT2D eigenvalue weighted by atomic mass is 9.81. The number of nitrogens with zero attached hydrogens (tertiary/aromatic N) is 1. The first-order valence-corrected chi connectivity index (χ1v) is 6.10. The molecule has 1 aromatic heterocycles. The molecule has 2 rings (SSSR count). The summed E-state index contributed by atoms with van der Waals surface area (Å²) in [5.41, 5.74) is 1.90. The van der Waals surface area contributed by atoms with Crippen LogP contribution in [0.2, 0.25) is 0 Å². The molecule has 0 aromatic carbocycles. The molecule has 0 amide bonds. The van der Waals surface area contributed by atoms with Crippen molar-refractivity contribution < 1.29 is 5.11 Å². The quantitative estimate of drug-likeness (QED) is 0.801. The number of hydrogen-bond donors (Lipinski definition) is 2. The van der Waals surface area contributed by atoms with Crippen molar-refractivity contribution in [3.05, 3.63) is 24.0 Å². The zero-order valence-electron chi connectivity index (χ0n) is 9.82. The van der Waals surface area contributed by atoms with Crippen molar-refractivity contribution in [1.82, 2.24) is 4.98 Å². The van der Waals surface area contributed by atoms with Crippen molar-refractivity contribution in [3.63, 3.8) is 0 Å². The minimum absolute atomic E-state index is 0.0704. The van der Waals surface area contributed by atoms with E-state index in [1.807, 2.05) is 6.07 Å². The van der Waals surface area contributed by atoms with E-state index >= 15 is 0 Å². The SMILES string of the molecule is CC(CC1CCC1)Nc1cnccc1CO. The number of hydrogen-bond acceptors (Lipinski definition) is 3. The fraction of sp³-hybridized carbons (Fsp3) is 0.615. The summed E-state index contributed by atoms with van der Waals surface area (Å²) in [6.45, 7) is 2.27. The van der Waals surface area contributed by atoms with Crippen LogP contribution < -0.4 is 5.32 Å². The highest BCUT2D eigenvalue weighted by Gasteiger charge is 2.20. The maximum atomic E-state index is 9.20. The molecule has 1 aromatic rings. The molecule has 1 heterocycles. The van der Waals surface area contributed by atoms with Gasteiger partial charge >= 0.3 is 0 Å². The molecule has 1 aliphatic carbocycles. The Morgan fingerprint density at radius 1 is 1.56 bits per heavy atom. The number of aliphatic hydroxyl groups is 1. The number of pyridine rings is 1. The lowest BCUT2D eigenvalue weighted by molar-refractivity contribution is 0.280. The van der Waals surface area contributed by atoms with Gasteiger partial charge in [0.05, 0.1) is 18.5 Å². The molecule has 3 heteroatoms. The van der Waals surface area contributed by atoms with Gasteiger partial charge in [-0.3, -0.25) is 4.98 Å². The van der Waals surface area contributed by atoms with Gasteiger partial charge in [0.15, 0.2) is 0 Å². The Kier molecular flexibility index (Phi) is 3.78. The topological polar surface area (TPSA) is 45.2 Å². The van der Waals surface area contributed by atoms with Crippen LogP contribution in [0.15, 0.2) is 18.5 Å². The number of rotatable bonds is 5. The van der Waals surface area contributed by atoms with E-state index in [9.17, 15) is 5.11 Å². The summed E-state index contributed by atoms with van der Waals surface area (Å²) in [5.74, 6) is 0.900. The van der Waals surface area contributed by atoms with E-state index in [1.165, 1.54) is 25.7 Å². The molecule has 0 spiro atoms. The van der Waals surface area contributed by atoms with Crippen molar-refractivity contribution in [3.8, 4) is 0 Å². The molecule has 3 nitrogen and oxygen atoms in total. The standard InChI is InChI=1S/C13H20N2O/c1-10(7-11-3-2-4-11)15-13-8-14-6-5-12(13)9-16/h5-6,8,10-11,15-16H,2-4,7,9H2,1H3. The van der Waals surface area contributed by atoms with Crippen molar-refractivity contribution >= 4 is 5.69 Å².